The summed E-state index contributed by atoms with van der Waals surface area (Å²) in [5, 5.41) is 20.5. The normalized spacial score (nSPS) is 10.1. The predicted octanol–water partition coefficient (Wildman–Crippen LogP) is 2.91. The van der Waals surface area contributed by atoms with E-state index in [1.54, 1.807) is 19.1 Å². The largest absolute Gasteiger partial charge is 0.475 e. The molecule has 0 radical (unpaired) electrons. The molecule has 0 saturated heterocycles. The van der Waals surface area contributed by atoms with Gasteiger partial charge in [-0.1, -0.05) is 0 Å². The van der Waals surface area contributed by atoms with Gasteiger partial charge in [-0.05, 0) is 31.2 Å². The minimum absolute atomic E-state index is 0.0585. The molecule has 1 aromatic carbocycles. The molecule has 6 heteroatoms. The van der Waals surface area contributed by atoms with Gasteiger partial charge in [0.2, 0.25) is 5.76 Å². The zero-order valence-corrected chi connectivity index (χ0v) is 10.6. The summed E-state index contributed by atoms with van der Waals surface area (Å²) >= 11 is 0. The number of furan rings is 1. The second-order valence-corrected chi connectivity index (χ2v) is 4.19. The molecule has 0 spiro atoms. The van der Waals surface area contributed by atoms with Gasteiger partial charge in [0.1, 0.15) is 17.6 Å². The molecule has 102 valence electrons. The Morgan fingerprint density at radius 3 is 2.85 bits per heavy atom. The lowest BCUT2D eigenvalue weighted by molar-refractivity contribution is 0.0659. The Bertz CT molecular complexity index is 701. The highest BCUT2D eigenvalue weighted by atomic mass is 19.1. The van der Waals surface area contributed by atoms with Gasteiger partial charge in [-0.3, -0.25) is 0 Å². The lowest BCUT2D eigenvalue weighted by Gasteiger charge is -2.04. The molecule has 1 heterocycles. The fourth-order valence-electron chi connectivity index (χ4n) is 1.76. The number of rotatable bonds is 4. The van der Waals surface area contributed by atoms with Crippen LogP contribution in [-0.2, 0) is 6.54 Å². The van der Waals surface area contributed by atoms with Crippen LogP contribution in [0.3, 0.4) is 0 Å². The Hall–Kier alpha value is -2.81. The second-order valence-electron chi connectivity index (χ2n) is 4.19. The van der Waals surface area contributed by atoms with E-state index in [9.17, 15) is 9.18 Å². The lowest BCUT2D eigenvalue weighted by atomic mass is 10.2. The van der Waals surface area contributed by atoms with E-state index < -0.39 is 11.8 Å². The summed E-state index contributed by atoms with van der Waals surface area (Å²) < 4.78 is 18.3. The summed E-state index contributed by atoms with van der Waals surface area (Å²) in [4.78, 5) is 10.8. The van der Waals surface area contributed by atoms with Crippen molar-refractivity contribution in [2.24, 2.45) is 0 Å². The first kappa shape index (κ1) is 13.6. The van der Waals surface area contributed by atoms with Crippen molar-refractivity contribution in [2.75, 3.05) is 5.32 Å². The van der Waals surface area contributed by atoms with E-state index >= 15 is 0 Å². The molecule has 0 unspecified atom stereocenters. The molecule has 5 nitrogen and oxygen atoms in total. The minimum atomic E-state index is -1.12. The molecule has 0 saturated carbocycles. The maximum Gasteiger partial charge on any atom is 0.372 e. The van der Waals surface area contributed by atoms with E-state index in [0.29, 0.717) is 17.0 Å². The highest BCUT2D eigenvalue weighted by Crippen LogP contribution is 2.18. The Kier molecular flexibility index (Phi) is 3.71. The first-order chi connectivity index (χ1) is 9.51. The van der Waals surface area contributed by atoms with Gasteiger partial charge >= 0.3 is 5.97 Å². The van der Waals surface area contributed by atoms with Crippen molar-refractivity contribution in [3.63, 3.8) is 0 Å². The van der Waals surface area contributed by atoms with Crippen LogP contribution in [0, 0.1) is 24.1 Å². The summed E-state index contributed by atoms with van der Waals surface area (Å²) in [7, 11) is 0. The maximum atomic E-state index is 13.1. The number of anilines is 1. The number of benzene rings is 1. The van der Waals surface area contributed by atoms with Gasteiger partial charge in [-0.2, -0.15) is 5.26 Å². The van der Waals surface area contributed by atoms with Crippen LogP contribution < -0.4 is 5.32 Å². The Balaban J connectivity index is 2.11. The fourth-order valence-corrected chi connectivity index (χ4v) is 1.76. The average molecular weight is 274 g/mol. The van der Waals surface area contributed by atoms with E-state index in [-0.39, 0.29) is 17.9 Å². The topological polar surface area (TPSA) is 86.3 Å². The molecule has 2 N–H and O–H groups in total. The van der Waals surface area contributed by atoms with Crippen molar-refractivity contribution in [2.45, 2.75) is 13.5 Å². The Labute approximate surface area is 114 Å². The van der Waals surface area contributed by atoms with Crippen molar-refractivity contribution in [3.05, 3.63) is 52.7 Å². The highest BCUT2D eigenvalue weighted by molar-refractivity contribution is 5.86. The summed E-state index contributed by atoms with van der Waals surface area (Å²) in [6.45, 7) is 1.88. The minimum Gasteiger partial charge on any atom is -0.475 e. The quantitative estimate of drug-likeness (QED) is 0.895. The molecule has 0 amide bonds. The number of nitrogens with one attached hydrogen (secondary N) is 1. The SMILES string of the molecule is Cc1cc(CNc2ccc(F)c(C#N)c2)oc1C(=O)O. The van der Waals surface area contributed by atoms with Crippen LogP contribution in [-0.4, -0.2) is 11.1 Å². The second kappa shape index (κ2) is 5.45. The molecule has 0 bridgehead atoms. The van der Waals surface area contributed by atoms with Crippen molar-refractivity contribution in [3.8, 4) is 6.07 Å². The molecule has 1 aromatic heterocycles. The Morgan fingerprint density at radius 2 is 2.25 bits per heavy atom. The van der Waals surface area contributed by atoms with Gasteiger partial charge in [0.15, 0.2) is 0 Å². The van der Waals surface area contributed by atoms with Gasteiger partial charge in [0.25, 0.3) is 0 Å². The molecule has 0 aliphatic carbocycles. The summed E-state index contributed by atoms with van der Waals surface area (Å²) in [5.74, 6) is -1.36. The predicted molar refractivity (Wildman–Crippen MR) is 68.8 cm³/mol. The first-order valence-electron chi connectivity index (χ1n) is 5.77. The molecule has 0 aliphatic heterocycles. The number of hydrogen-bond donors (Lipinski definition) is 2. The Morgan fingerprint density at radius 1 is 1.50 bits per heavy atom. The molecule has 0 atom stereocenters. The van der Waals surface area contributed by atoms with E-state index in [4.69, 9.17) is 14.8 Å². The first-order valence-corrected chi connectivity index (χ1v) is 5.77. The zero-order valence-electron chi connectivity index (χ0n) is 10.6. The third-order valence-corrected chi connectivity index (χ3v) is 2.72. The number of hydrogen-bond acceptors (Lipinski definition) is 4. The number of nitriles is 1. The fraction of sp³-hybridized carbons (Fsp3) is 0.143. The van der Waals surface area contributed by atoms with Crippen LogP contribution in [0.4, 0.5) is 10.1 Å². The number of halogens is 1. The number of aryl methyl sites for hydroxylation is 1. The monoisotopic (exact) mass is 274 g/mol. The van der Waals surface area contributed by atoms with Crippen molar-refractivity contribution >= 4 is 11.7 Å². The van der Waals surface area contributed by atoms with Crippen LogP contribution in [0.25, 0.3) is 0 Å². The van der Waals surface area contributed by atoms with Gasteiger partial charge in [-0.25, -0.2) is 9.18 Å². The van der Waals surface area contributed by atoms with Crippen LogP contribution >= 0.6 is 0 Å². The number of aromatic carboxylic acids is 1. The van der Waals surface area contributed by atoms with E-state index in [1.165, 1.54) is 18.2 Å². The maximum absolute atomic E-state index is 13.1. The standard InChI is InChI=1S/C14H11FN2O3/c1-8-4-11(20-13(8)14(18)19)7-17-10-2-3-12(15)9(5-10)6-16/h2-5,17H,7H2,1H3,(H,18,19). The lowest BCUT2D eigenvalue weighted by Crippen LogP contribution is -1.99. The smallest absolute Gasteiger partial charge is 0.372 e. The van der Waals surface area contributed by atoms with Crippen LogP contribution in [0.5, 0.6) is 0 Å². The van der Waals surface area contributed by atoms with E-state index in [1.807, 2.05) is 0 Å². The summed E-state index contributed by atoms with van der Waals surface area (Å²) in [5.41, 5.74) is 1.02. The van der Waals surface area contributed by atoms with Gasteiger partial charge in [0.05, 0.1) is 12.1 Å². The number of carboxylic acids is 1. The van der Waals surface area contributed by atoms with Crippen molar-refractivity contribution < 1.29 is 18.7 Å². The van der Waals surface area contributed by atoms with Gasteiger partial charge in [0, 0.05) is 11.3 Å². The van der Waals surface area contributed by atoms with Gasteiger partial charge < -0.3 is 14.8 Å². The molecule has 2 rings (SSSR count). The van der Waals surface area contributed by atoms with Crippen molar-refractivity contribution in [1.29, 1.82) is 5.26 Å². The number of carbonyl (C=O) groups is 1. The molecule has 2 aromatic rings. The molecule has 0 aliphatic rings. The third kappa shape index (κ3) is 2.78. The van der Waals surface area contributed by atoms with E-state index in [0.717, 1.165) is 0 Å². The summed E-state index contributed by atoms with van der Waals surface area (Å²) in [6.07, 6.45) is 0. The molecule has 0 fully saturated rings. The van der Waals surface area contributed by atoms with Crippen LogP contribution in [0.2, 0.25) is 0 Å². The van der Waals surface area contributed by atoms with Crippen molar-refractivity contribution in [1.82, 2.24) is 0 Å². The molecular formula is C14H11FN2O3. The van der Waals surface area contributed by atoms with Crippen LogP contribution in [0.1, 0.15) is 27.4 Å². The van der Waals surface area contributed by atoms with Gasteiger partial charge in [-0.15, -0.1) is 0 Å². The zero-order chi connectivity index (χ0) is 14.7. The summed E-state index contributed by atoms with van der Waals surface area (Å²) in [6, 6.07) is 7.42. The molecule has 20 heavy (non-hydrogen) atoms. The highest BCUT2D eigenvalue weighted by Gasteiger charge is 2.14. The average Bonchev–Trinajstić information content (AvgIpc) is 2.79. The van der Waals surface area contributed by atoms with Crippen LogP contribution in [0.15, 0.2) is 28.7 Å². The third-order valence-electron chi connectivity index (χ3n) is 2.72. The van der Waals surface area contributed by atoms with E-state index in [2.05, 4.69) is 5.32 Å². The molecular weight excluding hydrogens is 263 g/mol. The number of nitrogens with zero attached hydrogens (tertiary/aromatic N) is 1. The number of carboxylic acid groups (broad SMARTS) is 1.